The van der Waals surface area contributed by atoms with E-state index in [2.05, 4.69) is 5.32 Å². The minimum atomic E-state index is -0.868. The number of ether oxygens (including phenoxy) is 3. The zero-order chi connectivity index (χ0) is 18.7. The molecule has 26 heavy (non-hydrogen) atoms. The van der Waals surface area contributed by atoms with Crippen LogP contribution in [0, 0.1) is 11.6 Å². The van der Waals surface area contributed by atoms with Crippen LogP contribution in [0.4, 0.5) is 14.5 Å². The van der Waals surface area contributed by atoms with E-state index in [9.17, 15) is 13.6 Å². The van der Waals surface area contributed by atoms with Crippen molar-refractivity contribution in [2.45, 2.75) is 26.4 Å². The Labute approximate surface area is 149 Å². The summed E-state index contributed by atoms with van der Waals surface area (Å²) in [6.07, 6.45) is 0.839. The first-order chi connectivity index (χ1) is 12.5. The minimum Gasteiger partial charge on any atom is -0.492 e. The largest absolute Gasteiger partial charge is 0.492 e. The number of amides is 1. The van der Waals surface area contributed by atoms with Gasteiger partial charge in [0.25, 0.3) is 5.91 Å². The normalized spacial score (nSPS) is 15.2. The van der Waals surface area contributed by atoms with Gasteiger partial charge in [-0.15, -0.1) is 0 Å². The summed E-state index contributed by atoms with van der Waals surface area (Å²) in [6.45, 7) is 3.82. The second kappa shape index (κ2) is 7.59. The summed E-state index contributed by atoms with van der Waals surface area (Å²) in [5.74, 6) is -1.05. The topological polar surface area (TPSA) is 56.8 Å². The van der Waals surface area contributed by atoms with Gasteiger partial charge in [0.1, 0.15) is 23.4 Å². The molecule has 0 radical (unpaired) electrons. The number of benzene rings is 2. The molecule has 0 aliphatic carbocycles. The van der Waals surface area contributed by atoms with Crippen molar-refractivity contribution in [1.82, 2.24) is 0 Å². The first kappa shape index (κ1) is 18.0. The molecule has 5 nitrogen and oxygen atoms in total. The summed E-state index contributed by atoms with van der Waals surface area (Å²) >= 11 is 0. The van der Waals surface area contributed by atoms with Crippen LogP contribution in [0.1, 0.15) is 19.4 Å². The van der Waals surface area contributed by atoms with E-state index < -0.39 is 24.1 Å². The number of nitrogens with one attached hydrogen (secondary N) is 1. The van der Waals surface area contributed by atoms with Gasteiger partial charge in [-0.3, -0.25) is 4.79 Å². The fourth-order valence-electron chi connectivity index (χ4n) is 2.73. The van der Waals surface area contributed by atoms with Gasteiger partial charge >= 0.3 is 0 Å². The monoisotopic (exact) mass is 363 g/mol. The molecule has 1 aliphatic heterocycles. The third-order valence-electron chi connectivity index (χ3n) is 3.82. The number of hydrogen-bond acceptors (Lipinski definition) is 4. The molecule has 2 aromatic carbocycles. The number of rotatable bonds is 6. The zero-order valence-electron chi connectivity index (χ0n) is 14.5. The maximum atomic E-state index is 13.5. The number of anilines is 1. The van der Waals surface area contributed by atoms with E-state index in [-0.39, 0.29) is 11.9 Å². The lowest BCUT2D eigenvalue weighted by Gasteiger charge is -2.14. The molecule has 0 aromatic heterocycles. The molecule has 0 saturated heterocycles. The van der Waals surface area contributed by atoms with Crippen molar-refractivity contribution in [2.75, 3.05) is 18.5 Å². The molecule has 3 rings (SSSR count). The highest BCUT2D eigenvalue weighted by molar-refractivity contribution is 5.93. The zero-order valence-corrected chi connectivity index (χ0v) is 14.5. The molecule has 1 N–H and O–H groups in total. The molecule has 1 unspecified atom stereocenters. The SMILES string of the molecule is CCOc1cc2c(cc1NC(=O)COc1ccc(F)cc1F)OC(C)C2. The highest BCUT2D eigenvalue weighted by atomic mass is 19.1. The van der Waals surface area contributed by atoms with Gasteiger partial charge in [-0.2, -0.15) is 0 Å². The summed E-state index contributed by atoms with van der Waals surface area (Å²) in [5, 5.41) is 2.68. The van der Waals surface area contributed by atoms with Crippen molar-refractivity contribution in [3.8, 4) is 17.2 Å². The van der Waals surface area contributed by atoms with Crippen LogP contribution < -0.4 is 19.5 Å². The van der Waals surface area contributed by atoms with Crippen LogP contribution in [0.25, 0.3) is 0 Å². The second-order valence-corrected chi connectivity index (χ2v) is 5.93. The molecule has 1 aliphatic rings. The van der Waals surface area contributed by atoms with Crippen molar-refractivity contribution >= 4 is 11.6 Å². The first-order valence-corrected chi connectivity index (χ1v) is 8.30. The Morgan fingerprint density at radius 2 is 2.04 bits per heavy atom. The standard InChI is InChI=1S/C19H19F2NO4/c1-3-24-18-7-12-6-11(2)26-17(12)9-15(18)22-19(23)10-25-16-5-4-13(20)8-14(16)21/h4-5,7-9,11H,3,6,10H2,1-2H3,(H,22,23). The molecule has 0 spiro atoms. The maximum Gasteiger partial charge on any atom is 0.262 e. The van der Waals surface area contributed by atoms with Gasteiger partial charge in [-0.1, -0.05) is 0 Å². The lowest BCUT2D eigenvalue weighted by atomic mass is 10.1. The van der Waals surface area contributed by atoms with Crippen LogP contribution in [0.15, 0.2) is 30.3 Å². The Hall–Kier alpha value is -2.83. The summed E-state index contributed by atoms with van der Waals surface area (Å²) in [4.78, 5) is 12.2. The van der Waals surface area contributed by atoms with Crippen molar-refractivity contribution < 1.29 is 27.8 Å². The summed E-state index contributed by atoms with van der Waals surface area (Å²) in [7, 11) is 0. The second-order valence-electron chi connectivity index (χ2n) is 5.93. The van der Waals surface area contributed by atoms with Gasteiger partial charge in [0.15, 0.2) is 18.2 Å². The summed E-state index contributed by atoms with van der Waals surface area (Å²) < 4.78 is 42.8. The first-order valence-electron chi connectivity index (χ1n) is 8.30. The Morgan fingerprint density at radius 3 is 2.77 bits per heavy atom. The summed E-state index contributed by atoms with van der Waals surface area (Å²) in [5.41, 5.74) is 1.47. The van der Waals surface area contributed by atoms with Gasteiger partial charge in [-0.05, 0) is 32.0 Å². The van der Waals surface area contributed by atoms with Crippen molar-refractivity contribution in [1.29, 1.82) is 0 Å². The Kier molecular flexibility index (Phi) is 5.25. The van der Waals surface area contributed by atoms with Crippen LogP contribution in [-0.2, 0) is 11.2 Å². The molecule has 1 amide bonds. The van der Waals surface area contributed by atoms with Crippen LogP contribution in [0.5, 0.6) is 17.2 Å². The molecule has 2 aromatic rings. The van der Waals surface area contributed by atoms with Gasteiger partial charge in [0.05, 0.1) is 12.3 Å². The lowest BCUT2D eigenvalue weighted by Crippen LogP contribution is -2.21. The smallest absolute Gasteiger partial charge is 0.262 e. The van der Waals surface area contributed by atoms with Crippen LogP contribution >= 0.6 is 0 Å². The molecular formula is C19H19F2NO4. The van der Waals surface area contributed by atoms with Gasteiger partial charge in [0, 0.05) is 24.1 Å². The fourth-order valence-corrected chi connectivity index (χ4v) is 2.73. The molecule has 0 fully saturated rings. The predicted octanol–water partition coefficient (Wildman–Crippen LogP) is 3.70. The average molecular weight is 363 g/mol. The molecule has 138 valence electrons. The van der Waals surface area contributed by atoms with Gasteiger partial charge in [-0.25, -0.2) is 8.78 Å². The number of carbonyl (C=O) groups excluding carboxylic acids is 1. The van der Waals surface area contributed by atoms with E-state index in [1.807, 2.05) is 19.9 Å². The number of halogens is 2. The Bertz CT molecular complexity index is 825. The molecule has 0 bridgehead atoms. The van der Waals surface area contributed by atoms with E-state index in [0.29, 0.717) is 29.9 Å². The van der Waals surface area contributed by atoms with E-state index in [1.165, 1.54) is 0 Å². The van der Waals surface area contributed by atoms with Crippen LogP contribution in [0.3, 0.4) is 0 Å². The van der Waals surface area contributed by atoms with Crippen LogP contribution in [-0.4, -0.2) is 25.2 Å². The van der Waals surface area contributed by atoms with E-state index >= 15 is 0 Å². The van der Waals surface area contributed by atoms with Crippen molar-refractivity contribution in [2.24, 2.45) is 0 Å². The third kappa shape index (κ3) is 4.04. The van der Waals surface area contributed by atoms with Gasteiger partial charge < -0.3 is 19.5 Å². The highest BCUT2D eigenvalue weighted by Gasteiger charge is 2.22. The maximum absolute atomic E-state index is 13.5. The molecule has 1 heterocycles. The predicted molar refractivity (Wildman–Crippen MR) is 91.9 cm³/mol. The third-order valence-corrected chi connectivity index (χ3v) is 3.82. The number of carbonyl (C=O) groups is 1. The van der Waals surface area contributed by atoms with Crippen molar-refractivity contribution in [3.05, 3.63) is 47.5 Å². The van der Waals surface area contributed by atoms with E-state index in [0.717, 1.165) is 24.1 Å². The minimum absolute atomic E-state index is 0.0650. The average Bonchev–Trinajstić information content (AvgIpc) is 2.93. The summed E-state index contributed by atoms with van der Waals surface area (Å²) in [6, 6.07) is 6.44. The fraction of sp³-hybridized carbons (Fsp3) is 0.316. The number of fused-ring (bicyclic) bond motifs is 1. The molecule has 1 atom stereocenters. The van der Waals surface area contributed by atoms with E-state index in [4.69, 9.17) is 14.2 Å². The number of hydrogen-bond donors (Lipinski definition) is 1. The quantitative estimate of drug-likeness (QED) is 0.850. The van der Waals surface area contributed by atoms with Crippen molar-refractivity contribution in [3.63, 3.8) is 0 Å². The lowest BCUT2D eigenvalue weighted by molar-refractivity contribution is -0.118. The van der Waals surface area contributed by atoms with Gasteiger partial charge in [0.2, 0.25) is 0 Å². The molecule has 0 saturated carbocycles. The highest BCUT2D eigenvalue weighted by Crippen LogP contribution is 2.38. The van der Waals surface area contributed by atoms with Crippen LogP contribution in [0.2, 0.25) is 0 Å². The van der Waals surface area contributed by atoms with E-state index in [1.54, 1.807) is 6.07 Å². The molecular weight excluding hydrogens is 344 g/mol. The molecule has 7 heteroatoms. The Balaban J connectivity index is 1.69. The Morgan fingerprint density at radius 1 is 1.23 bits per heavy atom.